The van der Waals surface area contributed by atoms with Crippen molar-refractivity contribution in [1.82, 2.24) is 4.90 Å². The highest BCUT2D eigenvalue weighted by molar-refractivity contribution is 9.09. The Hall–Kier alpha value is -0.540. The van der Waals surface area contributed by atoms with E-state index in [-0.39, 0.29) is 10.7 Å². The molecule has 0 N–H and O–H groups in total. The monoisotopic (exact) mass is 303 g/mol. The van der Waals surface area contributed by atoms with Crippen LogP contribution in [-0.4, -0.2) is 29.2 Å². The van der Waals surface area contributed by atoms with Gasteiger partial charge in [-0.05, 0) is 18.6 Å². The molecule has 1 unspecified atom stereocenters. The van der Waals surface area contributed by atoms with Crippen molar-refractivity contribution in [2.45, 2.75) is 18.7 Å². The molecule has 16 heavy (non-hydrogen) atoms. The number of carbonyl (C=O) groups is 1. The smallest absolute Gasteiger partial charge is 0.255 e. The van der Waals surface area contributed by atoms with Gasteiger partial charge in [0.25, 0.3) is 5.91 Å². The molecule has 1 rings (SSSR count). The lowest BCUT2D eigenvalue weighted by Crippen LogP contribution is -2.31. The molecule has 1 atom stereocenters. The molecule has 1 amide bonds. The Labute approximate surface area is 110 Å². The molecule has 2 nitrogen and oxygen atoms in total. The Morgan fingerprint density at radius 2 is 2.19 bits per heavy atom. The number of aryl methyl sites for hydroxylation is 1. The van der Waals surface area contributed by atoms with Crippen molar-refractivity contribution in [1.29, 1.82) is 0 Å². The average molecular weight is 305 g/mol. The van der Waals surface area contributed by atoms with Crippen LogP contribution in [0.2, 0.25) is 5.02 Å². The summed E-state index contributed by atoms with van der Waals surface area (Å²) >= 11 is 9.53. The molecule has 0 heterocycles. The van der Waals surface area contributed by atoms with Crippen LogP contribution in [-0.2, 0) is 0 Å². The van der Waals surface area contributed by atoms with Crippen LogP contribution in [0.5, 0.6) is 0 Å². The largest absolute Gasteiger partial charge is 0.341 e. The molecule has 1 aromatic carbocycles. The Kier molecular flexibility index (Phi) is 4.81. The predicted molar refractivity (Wildman–Crippen MR) is 71.5 cm³/mol. The summed E-state index contributed by atoms with van der Waals surface area (Å²) in [5, 5.41) is 0.543. The van der Waals surface area contributed by atoms with Gasteiger partial charge in [-0.1, -0.05) is 46.6 Å². The molecular formula is C12H15BrClNO. The van der Waals surface area contributed by atoms with Crippen molar-refractivity contribution in [2.24, 2.45) is 0 Å². The minimum atomic E-state index is -0.0417. The maximum Gasteiger partial charge on any atom is 0.255 e. The maximum atomic E-state index is 12.1. The lowest BCUT2D eigenvalue weighted by Gasteiger charge is -2.19. The molecule has 0 aliphatic carbocycles. The summed E-state index contributed by atoms with van der Waals surface area (Å²) in [5.41, 5.74) is 1.49. The van der Waals surface area contributed by atoms with Gasteiger partial charge in [0.15, 0.2) is 0 Å². The van der Waals surface area contributed by atoms with Crippen LogP contribution in [0, 0.1) is 6.92 Å². The van der Waals surface area contributed by atoms with Gasteiger partial charge in [0.2, 0.25) is 0 Å². The number of halogens is 2. The van der Waals surface area contributed by atoms with E-state index in [9.17, 15) is 4.79 Å². The van der Waals surface area contributed by atoms with Crippen LogP contribution in [0.25, 0.3) is 0 Å². The second kappa shape index (κ2) is 5.69. The molecule has 88 valence electrons. The summed E-state index contributed by atoms with van der Waals surface area (Å²) in [5.74, 6) is -0.0417. The van der Waals surface area contributed by atoms with Crippen molar-refractivity contribution < 1.29 is 4.79 Å². The van der Waals surface area contributed by atoms with Gasteiger partial charge in [-0.3, -0.25) is 4.79 Å². The highest BCUT2D eigenvalue weighted by Gasteiger charge is 2.16. The van der Waals surface area contributed by atoms with Crippen molar-refractivity contribution in [3.05, 3.63) is 34.3 Å². The van der Waals surface area contributed by atoms with Gasteiger partial charge < -0.3 is 4.90 Å². The molecule has 0 spiro atoms. The van der Waals surface area contributed by atoms with Crippen LogP contribution in [0.4, 0.5) is 0 Å². The fourth-order valence-corrected chi connectivity index (χ4v) is 2.12. The minimum Gasteiger partial charge on any atom is -0.341 e. The van der Waals surface area contributed by atoms with Crippen molar-refractivity contribution >= 4 is 33.4 Å². The van der Waals surface area contributed by atoms with E-state index in [1.165, 1.54) is 0 Å². The fraction of sp³-hybridized carbons (Fsp3) is 0.417. The zero-order valence-electron chi connectivity index (χ0n) is 9.63. The molecule has 0 bridgehead atoms. The Balaban J connectivity index is 2.92. The first-order valence-corrected chi connectivity index (χ1v) is 6.37. The van der Waals surface area contributed by atoms with E-state index in [4.69, 9.17) is 11.6 Å². The van der Waals surface area contributed by atoms with Gasteiger partial charge in [0.1, 0.15) is 0 Å². The molecular weight excluding hydrogens is 289 g/mol. The number of benzene rings is 1. The van der Waals surface area contributed by atoms with Gasteiger partial charge in [-0.25, -0.2) is 0 Å². The molecule has 4 heteroatoms. The summed E-state index contributed by atoms with van der Waals surface area (Å²) in [7, 11) is 1.78. The molecule has 0 radical (unpaired) electrons. The van der Waals surface area contributed by atoms with E-state index in [0.717, 1.165) is 5.56 Å². The average Bonchev–Trinajstić information content (AvgIpc) is 2.20. The zero-order valence-corrected chi connectivity index (χ0v) is 12.0. The molecule has 0 aliphatic rings. The molecule has 0 aliphatic heterocycles. The third-order valence-electron chi connectivity index (χ3n) is 2.29. The van der Waals surface area contributed by atoms with Crippen LogP contribution in [0.15, 0.2) is 18.2 Å². The summed E-state index contributed by atoms with van der Waals surface area (Å²) in [6, 6.07) is 5.50. The van der Waals surface area contributed by atoms with Gasteiger partial charge in [-0.15, -0.1) is 0 Å². The minimum absolute atomic E-state index is 0.0417. The second-order valence-corrected chi connectivity index (χ2v) is 5.84. The highest BCUT2D eigenvalue weighted by Crippen LogP contribution is 2.21. The Morgan fingerprint density at radius 3 is 2.75 bits per heavy atom. The molecule has 1 aromatic rings. The van der Waals surface area contributed by atoms with Gasteiger partial charge in [0, 0.05) is 18.4 Å². The Morgan fingerprint density at radius 1 is 1.56 bits per heavy atom. The molecule has 0 saturated carbocycles. The topological polar surface area (TPSA) is 20.3 Å². The molecule has 0 fully saturated rings. The number of nitrogens with zero attached hydrogens (tertiary/aromatic N) is 1. The Bertz CT molecular complexity index is 393. The normalized spacial score (nSPS) is 12.3. The highest BCUT2D eigenvalue weighted by atomic mass is 79.9. The predicted octanol–water partition coefficient (Wildman–Crippen LogP) is 3.50. The number of rotatable bonds is 3. The number of amides is 1. The summed E-state index contributed by atoms with van der Waals surface area (Å²) in [4.78, 5) is 14.0. The summed E-state index contributed by atoms with van der Waals surface area (Å²) < 4.78 is 0. The number of alkyl halides is 1. The van der Waals surface area contributed by atoms with Gasteiger partial charge >= 0.3 is 0 Å². The van der Waals surface area contributed by atoms with E-state index in [1.807, 2.05) is 26.0 Å². The number of hydrogen-bond acceptors (Lipinski definition) is 1. The standard InChI is InChI=1S/C12H15BrClNO/c1-8-5-4-6-10(11(8)14)12(16)15(3)7-9(2)13/h4-6,9H,7H2,1-3H3. The third-order valence-corrected chi connectivity index (χ3v) is 3.09. The van der Waals surface area contributed by atoms with E-state index < -0.39 is 0 Å². The summed E-state index contributed by atoms with van der Waals surface area (Å²) in [6.45, 7) is 4.55. The first-order chi connectivity index (χ1) is 7.43. The fourth-order valence-electron chi connectivity index (χ4n) is 1.48. The number of hydrogen-bond donors (Lipinski definition) is 0. The van der Waals surface area contributed by atoms with Gasteiger partial charge in [-0.2, -0.15) is 0 Å². The third kappa shape index (κ3) is 3.22. The molecule has 0 saturated heterocycles. The van der Waals surface area contributed by atoms with Crippen molar-refractivity contribution in [3.8, 4) is 0 Å². The molecule has 0 aromatic heterocycles. The van der Waals surface area contributed by atoms with Crippen LogP contribution in [0.1, 0.15) is 22.8 Å². The van der Waals surface area contributed by atoms with E-state index in [2.05, 4.69) is 15.9 Å². The lowest BCUT2D eigenvalue weighted by atomic mass is 10.1. The number of carbonyl (C=O) groups excluding carboxylic acids is 1. The summed E-state index contributed by atoms with van der Waals surface area (Å²) in [6.07, 6.45) is 0. The first-order valence-electron chi connectivity index (χ1n) is 5.08. The maximum absolute atomic E-state index is 12.1. The first kappa shape index (κ1) is 13.5. The van der Waals surface area contributed by atoms with Crippen LogP contribution < -0.4 is 0 Å². The van der Waals surface area contributed by atoms with Crippen molar-refractivity contribution in [2.75, 3.05) is 13.6 Å². The zero-order chi connectivity index (χ0) is 12.3. The van der Waals surface area contributed by atoms with E-state index >= 15 is 0 Å². The van der Waals surface area contributed by atoms with E-state index in [0.29, 0.717) is 17.1 Å². The van der Waals surface area contributed by atoms with Gasteiger partial charge in [0.05, 0.1) is 10.6 Å². The second-order valence-electron chi connectivity index (χ2n) is 3.90. The quantitative estimate of drug-likeness (QED) is 0.783. The van der Waals surface area contributed by atoms with Crippen LogP contribution in [0.3, 0.4) is 0 Å². The van der Waals surface area contributed by atoms with E-state index in [1.54, 1.807) is 18.0 Å². The SMILES string of the molecule is Cc1cccc(C(=O)N(C)CC(C)Br)c1Cl. The van der Waals surface area contributed by atoms with Crippen molar-refractivity contribution in [3.63, 3.8) is 0 Å². The van der Waals surface area contributed by atoms with Crippen LogP contribution >= 0.6 is 27.5 Å². The lowest BCUT2D eigenvalue weighted by molar-refractivity contribution is 0.0797.